The van der Waals surface area contributed by atoms with Crippen molar-refractivity contribution in [1.29, 1.82) is 0 Å². The number of benzene rings is 1. The van der Waals surface area contributed by atoms with Crippen molar-refractivity contribution < 1.29 is 14.4 Å². The third-order valence-corrected chi connectivity index (χ3v) is 6.28. The number of hydrogen-bond acceptors (Lipinski definition) is 6. The first kappa shape index (κ1) is 20.5. The normalized spacial score (nSPS) is 22.8. The molecule has 0 bridgehead atoms. The van der Waals surface area contributed by atoms with Crippen LogP contribution >= 0.6 is 11.3 Å². The van der Waals surface area contributed by atoms with Gasteiger partial charge in [0.05, 0.1) is 11.5 Å². The molecule has 5 N–H and O–H groups in total. The number of carbonyl (C=O) groups is 3. The molecule has 2 aromatic rings. The van der Waals surface area contributed by atoms with Crippen molar-refractivity contribution >= 4 is 39.9 Å². The average molecular weight is 428 g/mol. The molecule has 4 rings (SSSR count). The molecule has 158 valence electrons. The van der Waals surface area contributed by atoms with Crippen molar-refractivity contribution in [3.63, 3.8) is 0 Å². The van der Waals surface area contributed by atoms with E-state index in [2.05, 4.69) is 53.8 Å². The smallest absolute Gasteiger partial charge is 0.268 e. The third-order valence-electron chi connectivity index (χ3n) is 5.52. The number of nitrogens with zero attached hydrogens (tertiary/aromatic N) is 1. The van der Waals surface area contributed by atoms with Gasteiger partial charge >= 0.3 is 0 Å². The lowest BCUT2D eigenvalue weighted by Crippen LogP contribution is -2.36. The van der Waals surface area contributed by atoms with E-state index >= 15 is 0 Å². The van der Waals surface area contributed by atoms with Crippen molar-refractivity contribution in [2.75, 3.05) is 17.2 Å². The number of nitrogens with two attached hydrogens (primary N) is 1. The predicted molar refractivity (Wildman–Crippen MR) is 116 cm³/mol. The number of fused-ring (bicyclic) bond motifs is 2. The number of hydrogen-bond donors (Lipinski definition) is 4. The van der Waals surface area contributed by atoms with Crippen LogP contribution in [0.15, 0.2) is 23.6 Å². The van der Waals surface area contributed by atoms with Gasteiger partial charge in [-0.25, -0.2) is 4.98 Å². The third kappa shape index (κ3) is 3.70. The maximum Gasteiger partial charge on any atom is 0.268 e. The highest BCUT2D eigenvalue weighted by Crippen LogP contribution is 2.44. The topological polar surface area (TPSA) is 126 Å². The highest BCUT2D eigenvalue weighted by molar-refractivity contribution is 7.14. The summed E-state index contributed by atoms with van der Waals surface area (Å²) in [4.78, 5) is 40.9. The highest BCUT2D eigenvalue weighted by Gasteiger charge is 2.53. The molecule has 2 aliphatic rings. The van der Waals surface area contributed by atoms with Crippen LogP contribution in [-0.4, -0.2) is 35.3 Å². The van der Waals surface area contributed by atoms with Gasteiger partial charge in [-0.15, -0.1) is 11.3 Å². The average Bonchev–Trinajstić information content (AvgIpc) is 3.34. The fraction of sp³-hybridized carbons (Fsp3) is 0.429. The van der Waals surface area contributed by atoms with Gasteiger partial charge in [-0.3, -0.25) is 14.4 Å². The summed E-state index contributed by atoms with van der Waals surface area (Å²) in [7, 11) is 0. The molecule has 2 atom stereocenters. The zero-order valence-corrected chi connectivity index (χ0v) is 18.0. The molecule has 0 saturated carbocycles. The van der Waals surface area contributed by atoms with Gasteiger partial charge in [-0.1, -0.05) is 32.9 Å². The Labute approximate surface area is 178 Å². The Morgan fingerprint density at radius 1 is 1.37 bits per heavy atom. The number of anilines is 2. The van der Waals surface area contributed by atoms with Crippen molar-refractivity contribution in [1.82, 2.24) is 10.3 Å². The van der Waals surface area contributed by atoms with E-state index in [1.165, 1.54) is 10.9 Å². The van der Waals surface area contributed by atoms with E-state index in [1.54, 1.807) is 0 Å². The summed E-state index contributed by atoms with van der Waals surface area (Å²) in [5.41, 5.74) is 7.61. The van der Waals surface area contributed by atoms with Crippen LogP contribution < -0.4 is 21.7 Å². The molecule has 9 heteroatoms. The standard InChI is InChI=1S/C21H25N5O3S/c1-20(2,3)7-11-4-5-13-12(6-11)21(18(29)24-13)8-14(23-10-21)17(28)26-19-25-15(9-30-19)16(22)27/h4-6,9,14,23H,7-8,10H2,1-3H3,(H2,22,27)(H,24,29)(H,25,26,28). The Morgan fingerprint density at radius 2 is 2.13 bits per heavy atom. The van der Waals surface area contributed by atoms with Gasteiger partial charge in [0.25, 0.3) is 5.91 Å². The molecule has 1 aromatic heterocycles. The Kier molecular flexibility index (Phi) is 4.90. The molecule has 1 aromatic carbocycles. The van der Waals surface area contributed by atoms with Crippen molar-refractivity contribution in [3.05, 3.63) is 40.4 Å². The quantitative estimate of drug-likeness (QED) is 0.594. The van der Waals surface area contributed by atoms with Gasteiger partial charge in [0, 0.05) is 17.6 Å². The summed E-state index contributed by atoms with van der Waals surface area (Å²) in [5, 5.41) is 10.7. The van der Waals surface area contributed by atoms with Gasteiger partial charge in [-0.2, -0.15) is 0 Å². The predicted octanol–water partition coefficient (Wildman–Crippen LogP) is 2.02. The maximum absolute atomic E-state index is 12.9. The minimum atomic E-state index is -0.771. The lowest BCUT2D eigenvalue weighted by Gasteiger charge is -2.22. The molecule has 1 spiro atoms. The van der Waals surface area contributed by atoms with E-state index in [1.807, 2.05) is 6.07 Å². The Bertz CT molecular complexity index is 1040. The lowest BCUT2D eigenvalue weighted by molar-refractivity contribution is -0.120. The molecule has 30 heavy (non-hydrogen) atoms. The Morgan fingerprint density at radius 3 is 2.80 bits per heavy atom. The zero-order valence-electron chi connectivity index (χ0n) is 17.2. The van der Waals surface area contributed by atoms with E-state index in [4.69, 9.17) is 5.73 Å². The molecular formula is C21H25N5O3S. The molecule has 3 amide bonds. The molecule has 3 heterocycles. The van der Waals surface area contributed by atoms with Gasteiger partial charge < -0.3 is 21.7 Å². The maximum atomic E-state index is 12.9. The Hall–Kier alpha value is -2.78. The van der Waals surface area contributed by atoms with Crippen LogP contribution in [0, 0.1) is 5.41 Å². The summed E-state index contributed by atoms with van der Waals surface area (Å²) in [6.45, 7) is 6.92. The number of amides is 3. The van der Waals surface area contributed by atoms with E-state index in [9.17, 15) is 14.4 Å². The second kappa shape index (κ2) is 7.17. The largest absolute Gasteiger partial charge is 0.364 e. The number of aromatic nitrogens is 1. The molecule has 8 nitrogen and oxygen atoms in total. The number of carbonyl (C=O) groups excluding carboxylic acids is 3. The lowest BCUT2D eigenvalue weighted by atomic mass is 9.78. The van der Waals surface area contributed by atoms with Gasteiger partial charge in [0.1, 0.15) is 5.69 Å². The zero-order chi connectivity index (χ0) is 21.7. The number of rotatable bonds is 4. The van der Waals surface area contributed by atoms with Crippen LogP contribution in [0.3, 0.4) is 0 Å². The van der Waals surface area contributed by atoms with E-state index in [0.717, 1.165) is 29.0 Å². The van der Waals surface area contributed by atoms with Gasteiger partial charge in [-0.05, 0) is 35.4 Å². The second-order valence-electron chi connectivity index (χ2n) is 9.18. The SMILES string of the molecule is CC(C)(C)Cc1ccc2c(c1)C1(CNC(C(=O)Nc3nc(C(N)=O)cs3)C1)C(=O)N2. The fourth-order valence-corrected chi connectivity index (χ4v) is 4.88. The van der Waals surface area contributed by atoms with Crippen LogP contribution in [0.5, 0.6) is 0 Å². The van der Waals surface area contributed by atoms with Crippen molar-refractivity contribution in [3.8, 4) is 0 Å². The first-order chi connectivity index (χ1) is 14.1. The monoisotopic (exact) mass is 427 g/mol. The van der Waals surface area contributed by atoms with Crippen LogP contribution in [0.2, 0.25) is 0 Å². The molecule has 0 radical (unpaired) electrons. The first-order valence-corrected chi connectivity index (χ1v) is 10.7. The second-order valence-corrected chi connectivity index (χ2v) is 10.0. The minimum Gasteiger partial charge on any atom is -0.364 e. The summed E-state index contributed by atoms with van der Waals surface area (Å²) < 4.78 is 0. The summed E-state index contributed by atoms with van der Waals surface area (Å²) in [6.07, 6.45) is 1.25. The molecule has 2 aliphatic heterocycles. The van der Waals surface area contributed by atoms with Crippen LogP contribution in [-0.2, 0) is 21.4 Å². The van der Waals surface area contributed by atoms with Gasteiger partial charge in [0.15, 0.2) is 5.13 Å². The molecule has 1 fully saturated rings. The van der Waals surface area contributed by atoms with Crippen molar-refractivity contribution in [2.45, 2.75) is 45.1 Å². The van der Waals surface area contributed by atoms with E-state index < -0.39 is 17.4 Å². The number of primary amides is 1. The van der Waals surface area contributed by atoms with Crippen molar-refractivity contribution in [2.24, 2.45) is 11.1 Å². The van der Waals surface area contributed by atoms with Crippen LogP contribution in [0.25, 0.3) is 0 Å². The molecular weight excluding hydrogens is 402 g/mol. The first-order valence-electron chi connectivity index (χ1n) is 9.82. The number of nitrogens with one attached hydrogen (secondary N) is 3. The molecule has 1 saturated heterocycles. The number of thiazole rings is 1. The van der Waals surface area contributed by atoms with E-state index in [0.29, 0.717) is 18.1 Å². The highest BCUT2D eigenvalue weighted by atomic mass is 32.1. The summed E-state index contributed by atoms with van der Waals surface area (Å²) in [5.74, 6) is -1.02. The van der Waals surface area contributed by atoms with Crippen LogP contribution in [0.4, 0.5) is 10.8 Å². The fourth-order valence-electron chi connectivity index (χ4n) is 4.17. The Balaban J connectivity index is 1.54. The molecule has 2 unspecified atom stereocenters. The summed E-state index contributed by atoms with van der Waals surface area (Å²) in [6, 6.07) is 5.56. The van der Waals surface area contributed by atoms with Crippen LogP contribution in [0.1, 0.15) is 48.8 Å². The summed E-state index contributed by atoms with van der Waals surface area (Å²) >= 11 is 1.13. The molecule has 0 aliphatic carbocycles. The van der Waals surface area contributed by atoms with Gasteiger partial charge in [0.2, 0.25) is 11.8 Å². The van der Waals surface area contributed by atoms with E-state index in [-0.39, 0.29) is 22.9 Å². The minimum absolute atomic E-state index is 0.0847.